The number of methoxy groups -OCH3 is 1. The Balaban J connectivity index is 1.57. The molecule has 0 aliphatic rings. The van der Waals surface area contributed by atoms with Crippen molar-refractivity contribution < 1.29 is 9.53 Å². The fourth-order valence-electron chi connectivity index (χ4n) is 3.93. The number of para-hydroxylation sites is 4. The number of hydrogen-bond acceptors (Lipinski definition) is 5. The first-order valence-corrected chi connectivity index (χ1v) is 11.7. The number of fused-ring (bicyclic) bond motifs is 3. The summed E-state index contributed by atoms with van der Waals surface area (Å²) in [5.74, 6) is 0.430. The van der Waals surface area contributed by atoms with Gasteiger partial charge in [-0.1, -0.05) is 60.3 Å². The molecule has 0 atom stereocenters. The lowest BCUT2D eigenvalue weighted by molar-refractivity contribution is -0.113. The molecule has 8 heteroatoms. The molecular weight excluding hydrogens is 448 g/mol. The lowest BCUT2D eigenvalue weighted by Crippen LogP contribution is -2.23. The maximum absolute atomic E-state index is 13.7. The van der Waals surface area contributed by atoms with Gasteiger partial charge >= 0.3 is 0 Å². The number of carbonyl (C=O) groups is 1. The van der Waals surface area contributed by atoms with Gasteiger partial charge in [0.15, 0.2) is 5.16 Å². The van der Waals surface area contributed by atoms with Gasteiger partial charge in [0.05, 0.1) is 24.2 Å². The number of aromatic amines is 1. The summed E-state index contributed by atoms with van der Waals surface area (Å²) >= 11 is 1.22. The van der Waals surface area contributed by atoms with E-state index in [0.717, 1.165) is 22.2 Å². The van der Waals surface area contributed by atoms with E-state index in [-0.39, 0.29) is 17.2 Å². The Kier molecular flexibility index (Phi) is 5.81. The summed E-state index contributed by atoms with van der Waals surface area (Å²) < 4.78 is 6.89. The van der Waals surface area contributed by atoms with Gasteiger partial charge in [0, 0.05) is 10.9 Å². The minimum atomic E-state index is -0.223. The van der Waals surface area contributed by atoms with Crippen molar-refractivity contribution in [3.8, 4) is 11.4 Å². The van der Waals surface area contributed by atoms with E-state index >= 15 is 0 Å². The highest BCUT2D eigenvalue weighted by Crippen LogP contribution is 2.28. The van der Waals surface area contributed by atoms with Crippen LogP contribution in [0.25, 0.3) is 27.6 Å². The van der Waals surface area contributed by atoms with Crippen LogP contribution >= 0.6 is 11.8 Å². The van der Waals surface area contributed by atoms with Gasteiger partial charge in [-0.2, -0.15) is 0 Å². The predicted molar refractivity (Wildman–Crippen MR) is 136 cm³/mol. The second kappa shape index (κ2) is 9.07. The van der Waals surface area contributed by atoms with Crippen molar-refractivity contribution in [2.45, 2.75) is 12.1 Å². The maximum Gasteiger partial charge on any atom is 0.283 e. The van der Waals surface area contributed by atoms with Crippen molar-refractivity contribution in [3.63, 3.8) is 0 Å². The lowest BCUT2D eigenvalue weighted by atomic mass is 10.2. The van der Waals surface area contributed by atoms with Gasteiger partial charge in [0.25, 0.3) is 5.56 Å². The number of amides is 1. The third kappa shape index (κ3) is 3.92. The van der Waals surface area contributed by atoms with Crippen LogP contribution in [-0.2, 0) is 4.79 Å². The van der Waals surface area contributed by atoms with E-state index in [2.05, 4.69) is 10.3 Å². The molecule has 1 amide bonds. The van der Waals surface area contributed by atoms with Gasteiger partial charge in [-0.05, 0) is 36.8 Å². The smallest absolute Gasteiger partial charge is 0.283 e. The number of nitrogens with zero attached hydrogens (tertiary/aromatic N) is 2. The van der Waals surface area contributed by atoms with Crippen molar-refractivity contribution in [2.24, 2.45) is 0 Å². The van der Waals surface area contributed by atoms with E-state index in [1.54, 1.807) is 23.8 Å². The number of ether oxygens (including phenoxy) is 1. The van der Waals surface area contributed by atoms with E-state index in [1.165, 1.54) is 11.8 Å². The standard InChI is InChI=1S/C26H22N4O3S/c1-16-9-3-7-13-20(16)30-25(32)24-23(17-10-4-5-11-18(17)28-24)29-26(30)34-15-22(31)27-19-12-6-8-14-21(19)33-2/h3-14,28H,15H2,1-2H3,(H,27,31). The van der Waals surface area contributed by atoms with Crippen molar-refractivity contribution in [1.82, 2.24) is 14.5 Å². The SMILES string of the molecule is COc1ccccc1NC(=O)CSc1nc2c([nH]c3ccccc32)c(=O)n1-c1ccccc1C. The number of hydrogen-bond donors (Lipinski definition) is 2. The Morgan fingerprint density at radius 1 is 1.06 bits per heavy atom. The number of benzene rings is 3. The zero-order chi connectivity index (χ0) is 23.7. The van der Waals surface area contributed by atoms with Crippen LogP contribution in [0.15, 0.2) is 82.7 Å². The molecule has 2 aromatic heterocycles. The highest BCUT2D eigenvalue weighted by Gasteiger charge is 2.19. The van der Waals surface area contributed by atoms with Crippen LogP contribution in [-0.4, -0.2) is 33.3 Å². The zero-order valence-corrected chi connectivity index (χ0v) is 19.5. The van der Waals surface area contributed by atoms with Crippen LogP contribution in [0.2, 0.25) is 0 Å². The molecular formula is C26H22N4O3S. The fourth-order valence-corrected chi connectivity index (χ4v) is 4.73. The predicted octanol–water partition coefficient (Wildman–Crippen LogP) is 4.91. The molecule has 0 aliphatic carbocycles. The summed E-state index contributed by atoms with van der Waals surface area (Å²) in [6, 6.07) is 22.5. The normalized spacial score (nSPS) is 11.1. The number of thioether (sulfide) groups is 1. The number of anilines is 1. The van der Waals surface area contributed by atoms with Crippen LogP contribution in [0.3, 0.4) is 0 Å². The molecule has 0 radical (unpaired) electrons. The number of H-pyrrole nitrogens is 1. The summed E-state index contributed by atoms with van der Waals surface area (Å²) in [4.78, 5) is 34.5. The quantitative estimate of drug-likeness (QED) is 0.272. The second-order valence-corrected chi connectivity index (χ2v) is 8.70. The molecule has 0 bridgehead atoms. The molecule has 2 heterocycles. The average molecular weight is 471 g/mol. The van der Waals surface area contributed by atoms with Crippen molar-refractivity contribution in [2.75, 3.05) is 18.2 Å². The number of nitrogens with one attached hydrogen (secondary N) is 2. The van der Waals surface area contributed by atoms with E-state index < -0.39 is 0 Å². The topological polar surface area (TPSA) is 89.0 Å². The van der Waals surface area contributed by atoms with E-state index in [4.69, 9.17) is 9.72 Å². The van der Waals surface area contributed by atoms with Crippen LogP contribution in [0, 0.1) is 6.92 Å². The third-order valence-corrected chi connectivity index (χ3v) is 6.50. The molecule has 170 valence electrons. The lowest BCUT2D eigenvalue weighted by Gasteiger charge is -2.14. The molecule has 0 saturated carbocycles. The molecule has 0 fully saturated rings. The van der Waals surface area contributed by atoms with E-state index in [1.807, 2.05) is 67.6 Å². The van der Waals surface area contributed by atoms with Crippen molar-refractivity contribution >= 4 is 45.3 Å². The van der Waals surface area contributed by atoms with Crippen molar-refractivity contribution in [1.29, 1.82) is 0 Å². The Morgan fingerprint density at radius 3 is 2.62 bits per heavy atom. The van der Waals surface area contributed by atoms with E-state index in [9.17, 15) is 9.59 Å². The highest BCUT2D eigenvalue weighted by atomic mass is 32.2. The second-order valence-electron chi connectivity index (χ2n) is 7.75. The van der Waals surface area contributed by atoms with Gasteiger partial charge in [-0.25, -0.2) is 4.98 Å². The minimum absolute atomic E-state index is 0.0736. The minimum Gasteiger partial charge on any atom is -0.495 e. The number of carbonyl (C=O) groups excluding carboxylic acids is 1. The number of aryl methyl sites for hydroxylation is 1. The first-order chi connectivity index (χ1) is 16.6. The first-order valence-electron chi connectivity index (χ1n) is 10.7. The molecule has 5 rings (SSSR count). The van der Waals surface area contributed by atoms with Crippen LogP contribution < -0.4 is 15.6 Å². The molecule has 34 heavy (non-hydrogen) atoms. The molecule has 0 unspecified atom stereocenters. The molecule has 7 nitrogen and oxygen atoms in total. The molecule has 0 spiro atoms. The Labute approximate surface area is 199 Å². The summed E-state index contributed by atoms with van der Waals surface area (Å²) in [5.41, 5.74) is 3.92. The zero-order valence-electron chi connectivity index (χ0n) is 18.7. The summed E-state index contributed by atoms with van der Waals surface area (Å²) in [6.45, 7) is 1.94. The van der Waals surface area contributed by atoms with Crippen LogP contribution in [0.4, 0.5) is 5.69 Å². The Morgan fingerprint density at radius 2 is 1.79 bits per heavy atom. The Bertz CT molecular complexity index is 1590. The molecule has 3 aromatic carbocycles. The van der Waals surface area contributed by atoms with Gasteiger partial charge in [0.1, 0.15) is 16.8 Å². The number of aromatic nitrogens is 3. The molecule has 2 N–H and O–H groups in total. The van der Waals surface area contributed by atoms with Gasteiger partial charge in [0.2, 0.25) is 5.91 Å². The summed E-state index contributed by atoms with van der Waals surface area (Å²) in [7, 11) is 1.56. The number of rotatable bonds is 6. The Hall–Kier alpha value is -4.04. The van der Waals surface area contributed by atoms with Gasteiger partial charge in [-0.3, -0.25) is 14.2 Å². The largest absolute Gasteiger partial charge is 0.495 e. The van der Waals surface area contributed by atoms with Crippen molar-refractivity contribution in [3.05, 3.63) is 88.7 Å². The fraction of sp³-hybridized carbons (Fsp3) is 0.115. The van der Waals surface area contributed by atoms with Crippen LogP contribution in [0.1, 0.15) is 5.56 Å². The van der Waals surface area contributed by atoms with Gasteiger partial charge in [-0.15, -0.1) is 0 Å². The van der Waals surface area contributed by atoms with Gasteiger partial charge < -0.3 is 15.0 Å². The highest BCUT2D eigenvalue weighted by molar-refractivity contribution is 7.99. The molecule has 0 aliphatic heterocycles. The summed E-state index contributed by atoms with van der Waals surface area (Å²) in [5, 5.41) is 4.19. The van der Waals surface area contributed by atoms with Crippen LogP contribution in [0.5, 0.6) is 5.75 Å². The summed E-state index contributed by atoms with van der Waals surface area (Å²) in [6.07, 6.45) is 0. The third-order valence-electron chi connectivity index (χ3n) is 5.56. The molecule has 5 aromatic rings. The van der Waals surface area contributed by atoms with E-state index in [0.29, 0.717) is 27.6 Å². The average Bonchev–Trinajstić information content (AvgIpc) is 3.23. The molecule has 0 saturated heterocycles. The maximum atomic E-state index is 13.7. The first kappa shape index (κ1) is 21.8. The monoisotopic (exact) mass is 470 g/mol.